The Kier molecular flexibility index (Phi) is 10.3. The Morgan fingerprint density at radius 2 is 1.56 bits per heavy atom. The Labute approximate surface area is 101 Å². The van der Waals surface area contributed by atoms with Crippen LogP contribution in [0.3, 0.4) is 0 Å². The standard InChI is InChI=1S/C11H28N2O2Si/c1-3-4-6-12-8-9-13-7-5-10-16(2,15)11-14/h12-15H,3-11H2,1-2H3. The van der Waals surface area contributed by atoms with E-state index in [-0.39, 0.29) is 6.23 Å². The first-order valence-electron chi connectivity index (χ1n) is 6.37. The second-order valence-electron chi connectivity index (χ2n) is 4.61. The molecule has 0 aromatic rings. The minimum absolute atomic E-state index is 0.0222. The summed E-state index contributed by atoms with van der Waals surface area (Å²) in [6.07, 6.45) is 3.41. The minimum atomic E-state index is -2.26. The van der Waals surface area contributed by atoms with Gasteiger partial charge in [0.1, 0.15) is 0 Å². The lowest BCUT2D eigenvalue weighted by molar-refractivity contribution is 0.327. The Morgan fingerprint density at radius 1 is 1.00 bits per heavy atom. The second-order valence-corrected chi connectivity index (χ2v) is 8.42. The number of hydrogen-bond donors (Lipinski definition) is 4. The smallest absolute Gasteiger partial charge is 0.210 e. The van der Waals surface area contributed by atoms with Crippen LogP contribution in [0, 0.1) is 0 Å². The number of rotatable bonds is 11. The van der Waals surface area contributed by atoms with Crippen LogP contribution in [0.25, 0.3) is 0 Å². The average molecular weight is 248 g/mol. The first kappa shape index (κ1) is 16.1. The molecule has 1 unspecified atom stereocenters. The van der Waals surface area contributed by atoms with E-state index in [1.807, 2.05) is 0 Å². The van der Waals surface area contributed by atoms with Crippen LogP contribution in [0.2, 0.25) is 12.6 Å². The molecule has 0 rings (SSSR count). The van der Waals surface area contributed by atoms with Gasteiger partial charge in [-0.25, -0.2) is 0 Å². The molecule has 0 spiro atoms. The molecule has 0 heterocycles. The van der Waals surface area contributed by atoms with Gasteiger partial charge in [-0.05, 0) is 38.5 Å². The van der Waals surface area contributed by atoms with Crippen LogP contribution < -0.4 is 10.6 Å². The van der Waals surface area contributed by atoms with Crippen molar-refractivity contribution in [3.8, 4) is 0 Å². The quantitative estimate of drug-likeness (QED) is 0.317. The van der Waals surface area contributed by atoms with Gasteiger partial charge in [-0.2, -0.15) is 0 Å². The fourth-order valence-electron chi connectivity index (χ4n) is 1.40. The van der Waals surface area contributed by atoms with Crippen LogP contribution >= 0.6 is 0 Å². The molecule has 0 aliphatic heterocycles. The molecule has 0 radical (unpaired) electrons. The Hall–Kier alpha value is 0.0569. The van der Waals surface area contributed by atoms with Crippen molar-refractivity contribution in [1.29, 1.82) is 0 Å². The normalized spacial score (nSPS) is 15.0. The predicted octanol–water partition coefficient (Wildman–Crippen LogP) is 0.455. The second kappa shape index (κ2) is 10.2. The Balaban J connectivity index is 3.10. The summed E-state index contributed by atoms with van der Waals surface area (Å²) in [5.41, 5.74) is 0. The highest BCUT2D eigenvalue weighted by Gasteiger charge is 2.21. The average Bonchev–Trinajstić information content (AvgIpc) is 2.27. The SMILES string of the molecule is CCCCNCCNCCC[Si](C)(O)CO. The van der Waals surface area contributed by atoms with Gasteiger partial charge in [0.05, 0.1) is 6.23 Å². The number of unbranched alkanes of at least 4 members (excludes halogenated alkanes) is 1. The van der Waals surface area contributed by atoms with Crippen LogP contribution in [-0.2, 0) is 0 Å². The first-order valence-corrected chi connectivity index (χ1v) is 9.23. The highest BCUT2D eigenvalue weighted by molar-refractivity contribution is 6.70. The van der Waals surface area contributed by atoms with Gasteiger partial charge in [0.15, 0.2) is 0 Å². The van der Waals surface area contributed by atoms with Crippen molar-refractivity contribution in [1.82, 2.24) is 10.6 Å². The summed E-state index contributed by atoms with van der Waals surface area (Å²) in [7, 11) is -2.26. The van der Waals surface area contributed by atoms with E-state index in [2.05, 4.69) is 17.6 Å². The summed E-state index contributed by atoms with van der Waals surface area (Å²) >= 11 is 0. The summed E-state index contributed by atoms with van der Waals surface area (Å²) < 4.78 is 0. The molecule has 0 amide bonds. The topological polar surface area (TPSA) is 64.5 Å². The lowest BCUT2D eigenvalue weighted by atomic mass is 10.3. The zero-order chi connectivity index (χ0) is 12.3. The molecule has 1 atom stereocenters. The van der Waals surface area contributed by atoms with Crippen LogP contribution in [0.1, 0.15) is 26.2 Å². The van der Waals surface area contributed by atoms with E-state index in [0.717, 1.165) is 38.6 Å². The van der Waals surface area contributed by atoms with Gasteiger partial charge in [0, 0.05) is 13.1 Å². The number of nitrogens with one attached hydrogen (secondary N) is 2. The van der Waals surface area contributed by atoms with Crippen molar-refractivity contribution in [3.63, 3.8) is 0 Å². The van der Waals surface area contributed by atoms with Gasteiger partial charge < -0.3 is 20.5 Å². The maximum atomic E-state index is 9.67. The van der Waals surface area contributed by atoms with E-state index in [4.69, 9.17) is 5.11 Å². The molecule has 0 aliphatic carbocycles. The number of aliphatic hydroxyl groups excluding tert-OH is 1. The molecule has 0 aromatic carbocycles. The summed E-state index contributed by atoms with van der Waals surface area (Å²) in [5.74, 6) is 0. The molecule has 0 aliphatic rings. The first-order chi connectivity index (χ1) is 7.62. The van der Waals surface area contributed by atoms with Gasteiger partial charge in [-0.1, -0.05) is 13.3 Å². The van der Waals surface area contributed by atoms with Crippen LogP contribution in [0.4, 0.5) is 0 Å². The van der Waals surface area contributed by atoms with E-state index < -0.39 is 8.32 Å². The summed E-state index contributed by atoms with van der Waals surface area (Å²) in [5, 5.41) is 15.6. The third-order valence-electron chi connectivity index (χ3n) is 2.60. The highest BCUT2D eigenvalue weighted by Crippen LogP contribution is 2.06. The molecular weight excluding hydrogens is 220 g/mol. The van der Waals surface area contributed by atoms with Crippen molar-refractivity contribution in [3.05, 3.63) is 0 Å². The van der Waals surface area contributed by atoms with Gasteiger partial charge in [-0.15, -0.1) is 0 Å². The fraction of sp³-hybridized carbons (Fsp3) is 1.00. The largest absolute Gasteiger partial charge is 0.430 e. The molecule has 0 fully saturated rings. The zero-order valence-electron chi connectivity index (χ0n) is 10.8. The maximum Gasteiger partial charge on any atom is 0.210 e. The van der Waals surface area contributed by atoms with Crippen LogP contribution in [0.15, 0.2) is 0 Å². The molecule has 0 aromatic heterocycles. The van der Waals surface area contributed by atoms with E-state index in [1.165, 1.54) is 12.8 Å². The van der Waals surface area contributed by atoms with Gasteiger partial charge in [0.2, 0.25) is 8.32 Å². The third kappa shape index (κ3) is 10.6. The van der Waals surface area contributed by atoms with Crippen molar-refractivity contribution < 1.29 is 9.90 Å². The monoisotopic (exact) mass is 248 g/mol. The van der Waals surface area contributed by atoms with Crippen molar-refractivity contribution >= 4 is 8.32 Å². The van der Waals surface area contributed by atoms with E-state index in [0.29, 0.717) is 0 Å². The molecule has 0 saturated heterocycles. The molecule has 0 bridgehead atoms. The lowest BCUT2D eigenvalue weighted by Gasteiger charge is -2.16. The minimum Gasteiger partial charge on any atom is -0.430 e. The molecule has 4 nitrogen and oxygen atoms in total. The Morgan fingerprint density at radius 3 is 2.06 bits per heavy atom. The molecule has 5 heteroatoms. The third-order valence-corrected chi connectivity index (χ3v) is 4.71. The van der Waals surface area contributed by atoms with Crippen molar-refractivity contribution in [2.75, 3.05) is 32.4 Å². The highest BCUT2D eigenvalue weighted by atomic mass is 28.4. The summed E-state index contributed by atoms with van der Waals surface area (Å²) in [4.78, 5) is 9.67. The molecule has 4 N–H and O–H groups in total. The van der Waals surface area contributed by atoms with Crippen LogP contribution in [0.5, 0.6) is 0 Å². The molecule has 0 saturated carbocycles. The molecule has 16 heavy (non-hydrogen) atoms. The van der Waals surface area contributed by atoms with E-state index in [9.17, 15) is 4.80 Å². The zero-order valence-corrected chi connectivity index (χ0v) is 11.8. The summed E-state index contributed by atoms with van der Waals surface area (Å²) in [6, 6.07) is 0.778. The number of hydrogen-bond acceptors (Lipinski definition) is 4. The van der Waals surface area contributed by atoms with Gasteiger partial charge >= 0.3 is 0 Å². The lowest BCUT2D eigenvalue weighted by Crippen LogP contribution is -2.36. The van der Waals surface area contributed by atoms with Crippen LogP contribution in [-0.4, -0.2) is 50.6 Å². The molecule has 98 valence electrons. The predicted molar refractivity (Wildman–Crippen MR) is 71.0 cm³/mol. The van der Waals surface area contributed by atoms with E-state index in [1.54, 1.807) is 6.55 Å². The Bertz CT molecular complexity index is 157. The van der Waals surface area contributed by atoms with Gasteiger partial charge in [0.25, 0.3) is 0 Å². The summed E-state index contributed by atoms with van der Waals surface area (Å²) in [6.45, 7) is 8.01. The molecular formula is C11H28N2O2Si. The van der Waals surface area contributed by atoms with Crippen molar-refractivity contribution in [2.24, 2.45) is 0 Å². The van der Waals surface area contributed by atoms with Crippen molar-refractivity contribution in [2.45, 2.75) is 38.8 Å². The number of aliphatic hydroxyl groups is 1. The fourth-order valence-corrected chi connectivity index (χ4v) is 2.50. The maximum absolute atomic E-state index is 9.67. The van der Waals surface area contributed by atoms with Gasteiger partial charge in [-0.3, -0.25) is 0 Å². The van der Waals surface area contributed by atoms with E-state index >= 15 is 0 Å².